The van der Waals surface area contributed by atoms with Gasteiger partial charge in [0, 0.05) is 25.6 Å². The molecule has 1 saturated carbocycles. The van der Waals surface area contributed by atoms with E-state index in [9.17, 15) is 9.59 Å². The zero-order valence-electron chi connectivity index (χ0n) is 11.6. The fraction of sp³-hybridized carbons (Fsp3) is 0.857. The Kier molecular flexibility index (Phi) is 4.80. The molecule has 5 nitrogen and oxygen atoms in total. The Morgan fingerprint density at radius 2 is 2.05 bits per heavy atom. The molecule has 2 aliphatic rings. The third-order valence-electron chi connectivity index (χ3n) is 4.37. The van der Waals surface area contributed by atoms with E-state index in [1.54, 1.807) is 0 Å². The summed E-state index contributed by atoms with van der Waals surface area (Å²) in [7, 11) is 0. The number of amides is 2. The SMILES string of the molecule is CC1CCC(N2CC(C(=O)NCCO)CC2=O)CC1. The van der Waals surface area contributed by atoms with Gasteiger partial charge in [-0.25, -0.2) is 0 Å². The summed E-state index contributed by atoms with van der Waals surface area (Å²) in [5.74, 6) is 0.536. The zero-order chi connectivity index (χ0) is 13.8. The van der Waals surface area contributed by atoms with Gasteiger partial charge < -0.3 is 15.3 Å². The first-order valence-corrected chi connectivity index (χ1v) is 7.30. The third-order valence-corrected chi connectivity index (χ3v) is 4.37. The lowest BCUT2D eigenvalue weighted by atomic mass is 9.87. The topological polar surface area (TPSA) is 69.6 Å². The predicted octanol–water partition coefficient (Wildman–Crippen LogP) is 0.522. The largest absolute Gasteiger partial charge is 0.395 e. The first-order chi connectivity index (χ1) is 9.11. The van der Waals surface area contributed by atoms with Crippen LogP contribution >= 0.6 is 0 Å². The maximum atomic E-state index is 12.0. The lowest BCUT2D eigenvalue weighted by Gasteiger charge is -2.33. The van der Waals surface area contributed by atoms with Gasteiger partial charge in [-0.15, -0.1) is 0 Å². The summed E-state index contributed by atoms with van der Waals surface area (Å²) in [6, 6.07) is 0.333. The minimum Gasteiger partial charge on any atom is -0.395 e. The second kappa shape index (κ2) is 6.37. The van der Waals surface area contributed by atoms with Crippen molar-refractivity contribution in [2.24, 2.45) is 11.8 Å². The zero-order valence-corrected chi connectivity index (χ0v) is 11.6. The van der Waals surface area contributed by atoms with E-state index in [0.29, 0.717) is 19.0 Å². The number of hydrogen-bond acceptors (Lipinski definition) is 3. The molecule has 2 N–H and O–H groups in total. The Morgan fingerprint density at radius 1 is 1.37 bits per heavy atom. The lowest BCUT2D eigenvalue weighted by Crippen LogP contribution is -2.40. The molecule has 0 spiro atoms. The Hall–Kier alpha value is -1.10. The molecule has 1 unspecified atom stereocenters. The molecule has 0 radical (unpaired) electrons. The van der Waals surface area contributed by atoms with Crippen molar-refractivity contribution in [2.75, 3.05) is 19.7 Å². The van der Waals surface area contributed by atoms with Crippen molar-refractivity contribution in [3.8, 4) is 0 Å². The van der Waals surface area contributed by atoms with Crippen LogP contribution < -0.4 is 5.32 Å². The van der Waals surface area contributed by atoms with E-state index in [-0.39, 0.29) is 30.9 Å². The van der Waals surface area contributed by atoms with Gasteiger partial charge in [-0.3, -0.25) is 9.59 Å². The first-order valence-electron chi connectivity index (χ1n) is 7.30. The third kappa shape index (κ3) is 3.47. The van der Waals surface area contributed by atoms with E-state index in [4.69, 9.17) is 5.11 Å². The Labute approximate surface area is 114 Å². The highest BCUT2D eigenvalue weighted by atomic mass is 16.3. The molecule has 0 bridgehead atoms. The normalized spacial score (nSPS) is 31.6. The molecule has 1 saturated heterocycles. The summed E-state index contributed by atoms with van der Waals surface area (Å²) in [5.41, 5.74) is 0. The molecule has 1 heterocycles. The molecule has 0 aromatic heterocycles. The highest BCUT2D eigenvalue weighted by Crippen LogP contribution is 2.31. The standard InChI is InChI=1S/C14H24N2O3/c1-10-2-4-12(5-3-10)16-9-11(8-13(16)18)14(19)15-6-7-17/h10-12,17H,2-9H2,1H3,(H,15,19). The van der Waals surface area contributed by atoms with Crippen LogP contribution in [0.15, 0.2) is 0 Å². The summed E-state index contributed by atoms with van der Waals surface area (Å²) >= 11 is 0. The molecule has 5 heteroatoms. The van der Waals surface area contributed by atoms with Crippen molar-refractivity contribution in [3.05, 3.63) is 0 Å². The number of aliphatic hydroxyl groups excluding tert-OH is 1. The second-order valence-corrected chi connectivity index (χ2v) is 5.88. The van der Waals surface area contributed by atoms with Crippen molar-refractivity contribution in [3.63, 3.8) is 0 Å². The van der Waals surface area contributed by atoms with Gasteiger partial charge in [-0.2, -0.15) is 0 Å². The van der Waals surface area contributed by atoms with Crippen LogP contribution in [0.5, 0.6) is 0 Å². The van der Waals surface area contributed by atoms with Crippen LogP contribution in [0.4, 0.5) is 0 Å². The maximum absolute atomic E-state index is 12.0. The number of hydrogen-bond donors (Lipinski definition) is 2. The van der Waals surface area contributed by atoms with Gasteiger partial charge in [0.1, 0.15) is 0 Å². The van der Waals surface area contributed by atoms with E-state index >= 15 is 0 Å². The molecular weight excluding hydrogens is 244 g/mol. The van der Waals surface area contributed by atoms with Gasteiger partial charge in [0.05, 0.1) is 12.5 Å². The van der Waals surface area contributed by atoms with Gasteiger partial charge in [-0.05, 0) is 31.6 Å². The number of nitrogens with zero attached hydrogens (tertiary/aromatic N) is 1. The van der Waals surface area contributed by atoms with Crippen molar-refractivity contribution >= 4 is 11.8 Å². The summed E-state index contributed by atoms with van der Waals surface area (Å²) in [6.07, 6.45) is 4.81. The highest BCUT2D eigenvalue weighted by Gasteiger charge is 2.38. The molecule has 0 aromatic carbocycles. The van der Waals surface area contributed by atoms with E-state index in [1.807, 2.05) is 4.90 Å². The van der Waals surface area contributed by atoms with E-state index < -0.39 is 0 Å². The smallest absolute Gasteiger partial charge is 0.225 e. The minimum absolute atomic E-state index is 0.0589. The molecule has 2 rings (SSSR count). The monoisotopic (exact) mass is 268 g/mol. The Bertz CT molecular complexity index is 338. The van der Waals surface area contributed by atoms with E-state index in [1.165, 1.54) is 12.8 Å². The van der Waals surface area contributed by atoms with Crippen molar-refractivity contribution in [2.45, 2.75) is 45.1 Å². The fourth-order valence-corrected chi connectivity index (χ4v) is 3.14. The van der Waals surface area contributed by atoms with Crippen LogP contribution in [-0.4, -0.2) is 47.6 Å². The number of carbonyl (C=O) groups is 2. The Balaban J connectivity index is 1.87. The van der Waals surface area contributed by atoms with Crippen LogP contribution in [0, 0.1) is 11.8 Å². The molecule has 108 valence electrons. The fourth-order valence-electron chi connectivity index (χ4n) is 3.14. The molecule has 1 aliphatic carbocycles. The summed E-state index contributed by atoms with van der Waals surface area (Å²) in [5, 5.41) is 11.4. The van der Waals surface area contributed by atoms with Gasteiger partial charge in [0.25, 0.3) is 0 Å². The lowest BCUT2D eigenvalue weighted by molar-refractivity contribution is -0.131. The summed E-state index contributed by atoms with van der Waals surface area (Å²) in [4.78, 5) is 25.8. The van der Waals surface area contributed by atoms with Crippen molar-refractivity contribution < 1.29 is 14.7 Å². The second-order valence-electron chi connectivity index (χ2n) is 5.88. The minimum atomic E-state index is -0.238. The average Bonchev–Trinajstić information content (AvgIpc) is 2.79. The number of aliphatic hydroxyl groups is 1. The molecule has 1 aliphatic heterocycles. The van der Waals surface area contributed by atoms with Crippen LogP contribution in [0.3, 0.4) is 0 Å². The molecule has 2 amide bonds. The summed E-state index contributed by atoms with van der Waals surface area (Å²) < 4.78 is 0. The first kappa shape index (κ1) is 14.3. The van der Waals surface area contributed by atoms with Gasteiger partial charge in [0.15, 0.2) is 0 Å². The molecule has 0 aromatic rings. The predicted molar refractivity (Wildman–Crippen MR) is 71.3 cm³/mol. The molecule has 1 atom stereocenters. The average molecular weight is 268 g/mol. The number of rotatable bonds is 4. The molecule has 19 heavy (non-hydrogen) atoms. The van der Waals surface area contributed by atoms with E-state index in [0.717, 1.165) is 18.8 Å². The molecule has 2 fully saturated rings. The number of nitrogens with one attached hydrogen (secondary N) is 1. The number of likely N-dealkylation sites (tertiary alicyclic amines) is 1. The van der Waals surface area contributed by atoms with Gasteiger partial charge >= 0.3 is 0 Å². The highest BCUT2D eigenvalue weighted by molar-refractivity contribution is 5.89. The van der Waals surface area contributed by atoms with Crippen LogP contribution in [0.2, 0.25) is 0 Å². The molecular formula is C14H24N2O3. The maximum Gasteiger partial charge on any atom is 0.225 e. The van der Waals surface area contributed by atoms with Crippen molar-refractivity contribution in [1.82, 2.24) is 10.2 Å². The quantitative estimate of drug-likeness (QED) is 0.781. The van der Waals surface area contributed by atoms with Crippen molar-refractivity contribution in [1.29, 1.82) is 0 Å². The van der Waals surface area contributed by atoms with Crippen LogP contribution in [-0.2, 0) is 9.59 Å². The number of carbonyl (C=O) groups excluding carboxylic acids is 2. The van der Waals surface area contributed by atoms with Gasteiger partial charge in [-0.1, -0.05) is 6.92 Å². The summed E-state index contributed by atoms with van der Waals surface area (Å²) in [6.45, 7) is 3.02. The van der Waals surface area contributed by atoms with Gasteiger partial charge in [0.2, 0.25) is 11.8 Å². The Morgan fingerprint density at radius 3 is 2.68 bits per heavy atom. The van der Waals surface area contributed by atoms with Crippen LogP contribution in [0.25, 0.3) is 0 Å². The van der Waals surface area contributed by atoms with E-state index in [2.05, 4.69) is 12.2 Å². The van der Waals surface area contributed by atoms with Crippen LogP contribution in [0.1, 0.15) is 39.0 Å².